The van der Waals surface area contributed by atoms with E-state index in [1.165, 1.54) is 77.5 Å². The van der Waals surface area contributed by atoms with E-state index in [4.69, 9.17) is 14.7 Å². The van der Waals surface area contributed by atoms with Crippen molar-refractivity contribution in [1.29, 1.82) is 0 Å². The summed E-state index contributed by atoms with van der Waals surface area (Å²) in [7, 11) is 0. The number of hydrogen-bond donors (Lipinski definition) is 0. The van der Waals surface area contributed by atoms with Gasteiger partial charge in [-0.1, -0.05) is 158 Å². The number of hydrogen-bond acceptors (Lipinski definition) is 3. The van der Waals surface area contributed by atoms with Crippen LogP contribution in [0.1, 0.15) is 66.3 Å². The van der Waals surface area contributed by atoms with Crippen molar-refractivity contribution in [3.8, 4) is 67.7 Å². The first-order valence-electron chi connectivity index (χ1n) is 21.9. The van der Waals surface area contributed by atoms with Gasteiger partial charge in [0, 0.05) is 27.8 Å². The SMILES string of the molecule is c1ccc(-c2ccc(-c3cc(-c4cccc5c4-c4ccccc4C54c5ccccc5Oc5ccccc54)nc(-c4ccc(C56CC7C[C@H](C5)C[C@H](C7)C6)cc4)n3)cc2)cc1. The molecular formula is C57H44N2O. The van der Waals surface area contributed by atoms with Crippen LogP contribution in [0, 0.1) is 17.8 Å². The molecule has 8 aromatic rings. The van der Waals surface area contributed by atoms with E-state index < -0.39 is 5.41 Å². The van der Waals surface area contributed by atoms with E-state index in [1.807, 2.05) is 0 Å². The van der Waals surface area contributed by atoms with Crippen LogP contribution in [0.4, 0.5) is 0 Å². The van der Waals surface area contributed by atoms with Gasteiger partial charge >= 0.3 is 0 Å². The van der Waals surface area contributed by atoms with Crippen molar-refractivity contribution in [2.75, 3.05) is 0 Å². The van der Waals surface area contributed by atoms with Crippen LogP contribution < -0.4 is 4.74 Å². The number of aromatic nitrogens is 2. The summed E-state index contributed by atoms with van der Waals surface area (Å²) in [6.07, 6.45) is 8.43. The van der Waals surface area contributed by atoms with Crippen molar-refractivity contribution >= 4 is 0 Å². The Bertz CT molecular complexity index is 2900. The van der Waals surface area contributed by atoms with E-state index in [0.29, 0.717) is 5.41 Å². The van der Waals surface area contributed by atoms with Gasteiger partial charge in [0.25, 0.3) is 0 Å². The molecule has 1 spiro atoms. The molecule has 0 unspecified atom stereocenters. The van der Waals surface area contributed by atoms with Gasteiger partial charge in [-0.3, -0.25) is 0 Å². The minimum Gasteiger partial charge on any atom is -0.457 e. The average Bonchev–Trinajstić information content (AvgIpc) is 3.60. The summed E-state index contributed by atoms with van der Waals surface area (Å²) in [6.45, 7) is 0. The van der Waals surface area contributed by atoms with Crippen LogP contribution in [0.3, 0.4) is 0 Å². The van der Waals surface area contributed by atoms with E-state index in [2.05, 4.69) is 176 Å². The van der Waals surface area contributed by atoms with Crippen molar-refractivity contribution in [2.24, 2.45) is 17.8 Å². The normalized spacial score (nSPS) is 22.1. The van der Waals surface area contributed by atoms with Gasteiger partial charge < -0.3 is 4.74 Å². The van der Waals surface area contributed by atoms with Crippen molar-refractivity contribution in [3.05, 3.63) is 204 Å². The zero-order valence-electron chi connectivity index (χ0n) is 33.5. The number of para-hydroxylation sites is 2. The molecule has 288 valence electrons. The molecule has 0 saturated heterocycles. The van der Waals surface area contributed by atoms with Gasteiger partial charge in [0.05, 0.1) is 16.8 Å². The molecule has 4 saturated carbocycles. The lowest BCUT2D eigenvalue weighted by Gasteiger charge is -2.57. The number of nitrogens with zero attached hydrogens (tertiary/aromatic N) is 2. The summed E-state index contributed by atoms with van der Waals surface area (Å²) in [5.74, 6) is 5.27. The third kappa shape index (κ3) is 5.02. The maximum Gasteiger partial charge on any atom is 0.160 e. The van der Waals surface area contributed by atoms with E-state index in [0.717, 1.165) is 74.3 Å². The molecule has 0 atom stereocenters. The Balaban J connectivity index is 0.997. The highest BCUT2D eigenvalue weighted by atomic mass is 16.5. The number of ether oxygens (including phenoxy) is 1. The molecule has 5 aliphatic carbocycles. The smallest absolute Gasteiger partial charge is 0.160 e. The second-order valence-corrected chi connectivity index (χ2v) is 18.3. The highest BCUT2D eigenvalue weighted by Crippen LogP contribution is 2.64. The third-order valence-corrected chi connectivity index (χ3v) is 15.0. The number of rotatable bonds is 5. The second kappa shape index (κ2) is 13.0. The molecule has 4 fully saturated rings. The first-order chi connectivity index (χ1) is 29.6. The highest BCUT2D eigenvalue weighted by Gasteiger charge is 2.53. The first-order valence-corrected chi connectivity index (χ1v) is 21.9. The van der Waals surface area contributed by atoms with Crippen LogP contribution in [0.15, 0.2) is 176 Å². The third-order valence-electron chi connectivity index (χ3n) is 15.0. The van der Waals surface area contributed by atoms with E-state index in [9.17, 15) is 0 Å². The van der Waals surface area contributed by atoms with Crippen molar-refractivity contribution in [1.82, 2.24) is 9.97 Å². The highest BCUT2D eigenvalue weighted by molar-refractivity contribution is 5.96. The summed E-state index contributed by atoms with van der Waals surface area (Å²) in [5, 5.41) is 0. The molecule has 6 aliphatic rings. The van der Waals surface area contributed by atoms with Crippen LogP contribution in [-0.4, -0.2) is 9.97 Å². The maximum atomic E-state index is 6.63. The van der Waals surface area contributed by atoms with E-state index in [-0.39, 0.29) is 0 Å². The molecule has 3 heteroatoms. The average molecular weight is 773 g/mol. The molecule has 0 radical (unpaired) electrons. The van der Waals surface area contributed by atoms with Crippen LogP contribution in [-0.2, 0) is 10.8 Å². The minimum absolute atomic E-state index is 0.344. The molecule has 0 N–H and O–H groups in total. The minimum atomic E-state index is -0.549. The van der Waals surface area contributed by atoms with Gasteiger partial charge in [-0.15, -0.1) is 0 Å². The predicted molar refractivity (Wildman–Crippen MR) is 241 cm³/mol. The van der Waals surface area contributed by atoms with Crippen LogP contribution in [0.2, 0.25) is 0 Å². The van der Waals surface area contributed by atoms with Crippen LogP contribution >= 0.6 is 0 Å². The largest absolute Gasteiger partial charge is 0.457 e. The van der Waals surface area contributed by atoms with Gasteiger partial charge in [-0.05, 0) is 119 Å². The fourth-order valence-electron chi connectivity index (χ4n) is 12.9. The molecule has 7 aromatic carbocycles. The van der Waals surface area contributed by atoms with Gasteiger partial charge in [0.1, 0.15) is 11.5 Å². The Hall–Kier alpha value is -6.58. The number of benzene rings is 7. The summed E-state index contributed by atoms with van der Waals surface area (Å²) in [6, 6.07) is 64.0. The molecule has 1 aliphatic heterocycles. The molecule has 14 rings (SSSR count). The lowest BCUT2D eigenvalue weighted by Crippen LogP contribution is -2.48. The zero-order chi connectivity index (χ0) is 39.4. The lowest BCUT2D eigenvalue weighted by molar-refractivity contribution is -0.00518. The molecule has 60 heavy (non-hydrogen) atoms. The molecule has 3 nitrogen and oxygen atoms in total. The molecule has 0 amide bonds. The van der Waals surface area contributed by atoms with E-state index >= 15 is 0 Å². The Morgan fingerprint density at radius 2 is 0.933 bits per heavy atom. The Labute approximate surface area is 351 Å². The van der Waals surface area contributed by atoms with Crippen molar-refractivity contribution < 1.29 is 4.74 Å². The lowest BCUT2D eigenvalue weighted by atomic mass is 9.48. The van der Waals surface area contributed by atoms with Gasteiger partial charge in [0.15, 0.2) is 5.82 Å². The maximum absolute atomic E-state index is 6.63. The first kappa shape index (κ1) is 34.3. The molecule has 4 bridgehead atoms. The fraction of sp³-hybridized carbons (Fsp3) is 0.193. The Kier molecular flexibility index (Phi) is 7.41. The molecule has 1 aromatic heterocycles. The summed E-state index contributed by atoms with van der Waals surface area (Å²) >= 11 is 0. The Morgan fingerprint density at radius 3 is 1.62 bits per heavy atom. The van der Waals surface area contributed by atoms with Crippen molar-refractivity contribution in [2.45, 2.75) is 49.4 Å². The molecule has 2 heterocycles. The topological polar surface area (TPSA) is 35.0 Å². The van der Waals surface area contributed by atoms with E-state index in [1.54, 1.807) is 0 Å². The summed E-state index contributed by atoms with van der Waals surface area (Å²) < 4.78 is 6.63. The second-order valence-electron chi connectivity index (χ2n) is 18.3. The summed E-state index contributed by atoms with van der Waals surface area (Å²) in [5.41, 5.74) is 16.1. The van der Waals surface area contributed by atoms with Crippen LogP contribution in [0.25, 0.3) is 56.2 Å². The van der Waals surface area contributed by atoms with Crippen LogP contribution in [0.5, 0.6) is 11.5 Å². The predicted octanol–water partition coefficient (Wildman–Crippen LogP) is 14.1. The standard InChI is InChI=1S/C57H44N2O/c1-2-11-39(12-3-1)40-21-23-41(24-22-40)50-32-51(59-55(58-50)42-25-27-43(28-26-42)56-33-36-29-37(34-56)31-38(30-36)35-56)45-14-10-18-49-54(45)44-13-4-5-15-46(44)57(49)47-16-6-8-19-52(47)60-53-20-9-7-17-48(53)57/h1-28,32,36-38H,29-31,33-35H2/t36-,37-,38?,56?/m1/s1. The quantitative estimate of drug-likeness (QED) is 0.175. The monoisotopic (exact) mass is 772 g/mol. The Morgan fingerprint density at radius 1 is 0.417 bits per heavy atom. The van der Waals surface area contributed by atoms with Gasteiger partial charge in [-0.2, -0.15) is 0 Å². The zero-order valence-corrected chi connectivity index (χ0v) is 33.5. The van der Waals surface area contributed by atoms with Gasteiger partial charge in [-0.25, -0.2) is 9.97 Å². The molecular weight excluding hydrogens is 729 g/mol. The fourth-order valence-corrected chi connectivity index (χ4v) is 12.9. The summed E-state index contributed by atoms with van der Waals surface area (Å²) in [4.78, 5) is 10.9. The van der Waals surface area contributed by atoms with Crippen molar-refractivity contribution in [3.63, 3.8) is 0 Å². The van der Waals surface area contributed by atoms with Gasteiger partial charge in [0.2, 0.25) is 0 Å². The number of fused-ring (bicyclic) bond motifs is 9.